The monoisotopic (exact) mass is 606 g/mol. The molecule has 7 rings (SSSR count). The predicted octanol–water partition coefficient (Wildman–Crippen LogP) is 12.9. The van der Waals surface area contributed by atoms with E-state index in [2.05, 4.69) is 206 Å². The molecule has 0 unspecified atom stereocenters. The van der Waals surface area contributed by atoms with Gasteiger partial charge in [0.25, 0.3) is 0 Å². The van der Waals surface area contributed by atoms with Crippen molar-refractivity contribution < 1.29 is 0 Å². The molecule has 0 radical (unpaired) electrons. The van der Waals surface area contributed by atoms with Crippen molar-refractivity contribution in [2.45, 2.75) is 20.8 Å². The van der Waals surface area contributed by atoms with E-state index in [1.54, 1.807) is 0 Å². The molecule has 0 bridgehead atoms. The highest BCUT2D eigenvalue weighted by atomic mass is 15.1. The van der Waals surface area contributed by atoms with Crippen molar-refractivity contribution in [3.8, 4) is 22.3 Å². The molecule has 0 spiro atoms. The zero-order valence-corrected chi connectivity index (χ0v) is 27.1. The van der Waals surface area contributed by atoms with Gasteiger partial charge in [0.05, 0.1) is 0 Å². The molecule has 2 heteroatoms. The molecule has 0 aliphatic heterocycles. The van der Waals surface area contributed by atoms with Gasteiger partial charge >= 0.3 is 0 Å². The number of rotatable bonds is 8. The lowest BCUT2D eigenvalue weighted by molar-refractivity contribution is 1.24. The van der Waals surface area contributed by atoms with Crippen LogP contribution in [0.3, 0.4) is 0 Å². The van der Waals surface area contributed by atoms with E-state index in [9.17, 15) is 0 Å². The van der Waals surface area contributed by atoms with Crippen LogP contribution in [0.5, 0.6) is 0 Å². The molecule has 0 saturated heterocycles. The zero-order valence-electron chi connectivity index (χ0n) is 27.1. The average molecular weight is 607 g/mol. The highest BCUT2D eigenvalue weighted by Gasteiger charge is 2.15. The van der Waals surface area contributed by atoms with Crippen LogP contribution < -0.4 is 9.80 Å². The summed E-state index contributed by atoms with van der Waals surface area (Å²) in [5.41, 5.74) is 15.5. The molecule has 228 valence electrons. The topological polar surface area (TPSA) is 6.48 Å². The van der Waals surface area contributed by atoms with Crippen molar-refractivity contribution in [3.05, 3.63) is 193 Å². The highest BCUT2D eigenvalue weighted by Crippen LogP contribution is 2.38. The van der Waals surface area contributed by atoms with Gasteiger partial charge in [0.1, 0.15) is 0 Å². The van der Waals surface area contributed by atoms with E-state index in [4.69, 9.17) is 0 Å². The van der Waals surface area contributed by atoms with Crippen molar-refractivity contribution in [1.29, 1.82) is 0 Å². The van der Waals surface area contributed by atoms with Gasteiger partial charge in [-0.1, -0.05) is 120 Å². The average Bonchev–Trinajstić information content (AvgIpc) is 3.12. The first-order valence-corrected chi connectivity index (χ1v) is 16.2. The second-order valence-electron chi connectivity index (χ2n) is 12.1. The van der Waals surface area contributed by atoms with Gasteiger partial charge in [-0.15, -0.1) is 0 Å². The second kappa shape index (κ2) is 13.2. The van der Waals surface area contributed by atoms with Gasteiger partial charge in [-0.3, -0.25) is 0 Å². The fraction of sp³-hybridized carbons (Fsp3) is 0.0667. The molecule has 0 N–H and O–H groups in total. The Labute approximate surface area is 278 Å². The Morgan fingerprint density at radius 1 is 0.298 bits per heavy atom. The van der Waals surface area contributed by atoms with Crippen LogP contribution in [0, 0.1) is 20.8 Å². The van der Waals surface area contributed by atoms with Crippen LogP contribution in [0.1, 0.15) is 16.7 Å². The Morgan fingerprint density at radius 3 is 1.09 bits per heavy atom. The first kappa shape index (κ1) is 29.8. The van der Waals surface area contributed by atoms with E-state index in [1.165, 1.54) is 44.6 Å². The molecule has 0 aliphatic carbocycles. The van der Waals surface area contributed by atoms with E-state index in [-0.39, 0.29) is 0 Å². The molecular formula is C45H38N2. The van der Waals surface area contributed by atoms with Crippen LogP contribution in [-0.2, 0) is 0 Å². The summed E-state index contributed by atoms with van der Waals surface area (Å²) in [6.07, 6.45) is 0. The summed E-state index contributed by atoms with van der Waals surface area (Å²) in [7, 11) is 0. The molecule has 0 heterocycles. The molecule has 0 aromatic heterocycles. The standard InChI is InChI=1S/C45H38N2/c1-33-14-25-42(26-15-33)46(40-10-6-4-7-11-40)43-27-21-38(22-28-43)36-17-19-37(20-18-36)39-23-29-44(30-24-39)47(41-12-8-5-9-13-41)45-31-16-34(2)32-35(45)3/h4-32H,1-3H3. The summed E-state index contributed by atoms with van der Waals surface area (Å²) in [5.74, 6) is 0. The van der Waals surface area contributed by atoms with Crippen LogP contribution in [0.2, 0.25) is 0 Å². The lowest BCUT2D eigenvalue weighted by Gasteiger charge is -2.27. The number of nitrogens with zero attached hydrogens (tertiary/aromatic N) is 2. The molecule has 0 saturated carbocycles. The van der Waals surface area contributed by atoms with Crippen LogP contribution in [0.25, 0.3) is 22.3 Å². The second-order valence-corrected chi connectivity index (χ2v) is 12.1. The van der Waals surface area contributed by atoms with Crippen LogP contribution in [0.4, 0.5) is 34.1 Å². The first-order chi connectivity index (χ1) is 23.0. The molecule has 0 aliphatic rings. The van der Waals surface area contributed by atoms with E-state index in [0.29, 0.717) is 0 Å². The summed E-state index contributed by atoms with van der Waals surface area (Å²) >= 11 is 0. The van der Waals surface area contributed by atoms with E-state index in [0.717, 1.165) is 28.4 Å². The maximum Gasteiger partial charge on any atom is 0.0490 e. The zero-order chi connectivity index (χ0) is 32.2. The third-order valence-electron chi connectivity index (χ3n) is 8.72. The Hall–Kier alpha value is -5.86. The maximum absolute atomic E-state index is 2.34. The van der Waals surface area contributed by atoms with Gasteiger partial charge in [0.2, 0.25) is 0 Å². The lowest BCUT2D eigenvalue weighted by atomic mass is 9.99. The van der Waals surface area contributed by atoms with Crippen molar-refractivity contribution in [2.75, 3.05) is 9.80 Å². The van der Waals surface area contributed by atoms with Crippen molar-refractivity contribution in [1.82, 2.24) is 0 Å². The molecular weight excluding hydrogens is 569 g/mol. The molecule has 0 atom stereocenters. The summed E-state index contributed by atoms with van der Waals surface area (Å²) in [6.45, 7) is 6.45. The number of anilines is 6. The third-order valence-corrected chi connectivity index (χ3v) is 8.72. The molecule has 2 nitrogen and oxygen atoms in total. The van der Waals surface area contributed by atoms with Crippen molar-refractivity contribution >= 4 is 34.1 Å². The summed E-state index contributed by atoms with van der Waals surface area (Å²) in [6, 6.07) is 63.1. The fourth-order valence-electron chi connectivity index (χ4n) is 6.24. The third kappa shape index (κ3) is 6.45. The number of benzene rings is 7. The molecule has 7 aromatic rings. The number of aryl methyl sites for hydroxylation is 3. The molecule has 7 aromatic carbocycles. The van der Waals surface area contributed by atoms with Gasteiger partial charge in [-0.05, 0) is 115 Å². The largest absolute Gasteiger partial charge is 0.311 e. The fourth-order valence-corrected chi connectivity index (χ4v) is 6.24. The summed E-state index contributed by atoms with van der Waals surface area (Å²) in [4.78, 5) is 4.64. The lowest BCUT2D eigenvalue weighted by Crippen LogP contribution is -2.11. The smallest absolute Gasteiger partial charge is 0.0490 e. The highest BCUT2D eigenvalue weighted by molar-refractivity contribution is 5.81. The van der Waals surface area contributed by atoms with E-state index >= 15 is 0 Å². The summed E-state index contributed by atoms with van der Waals surface area (Å²) in [5, 5.41) is 0. The Bertz CT molecular complexity index is 2060. The van der Waals surface area contributed by atoms with Gasteiger partial charge < -0.3 is 9.80 Å². The maximum atomic E-state index is 2.34. The Morgan fingerprint density at radius 2 is 0.638 bits per heavy atom. The number of hydrogen-bond acceptors (Lipinski definition) is 2. The van der Waals surface area contributed by atoms with Gasteiger partial charge in [-0.2, -0.15) is 0 Å². The van der Waals surface area contributed by atoms with Gasteiger partial charge in [-0.25, -0.2) is 0 Å². The number of hydrogen-bond donors (Lipinski definition) is 0. The van der Waals surface area contributed by atoms with Crippen molar-refractivity contribution in [2.24, 2.45) is 0 Å². The van der Waals surface area contributed by atoms with Gasteiger partial charge in [0, 0.05) is 34.1 Å². The van der Waals surface area contributed by atoms with Crippen LogP contribution >= 0.6 is 0 Å². The first-order valence-electron chi connectivity index (χ1n) is 16.2. The summed E-state index contributed by atoms with van der Waals surface area (Å²) < 4.78 is 0. The minimum absolute atomic E-state index is 1.13. The Kier molecular flexibility index (Phi) is 8.41. The van der Waals surface area contributed by atoms with E-state index < -0.39 is 0 Å². The predicted molar refractivity (Wildman–Crippen MR) is 201 cm³/mol. The molecule has 0 fully saturated rings. The minimum atomic E-state index is 1.13. The Balaban J connectivity index is 1.13. The normalized spacial score (nSPS) is 10.9. The SMILES string of the molecule is Cc1ccc(N(c2ccccc2)c2ccc(-c3ccc(-c4ccc(N(c5ccccc5)c5ccc(C)cc5C)cc4)cc3)cc2)cc1. The molecule has 47 heavy (non-hydrogen) atoms. The quantitative estimate of drug-likeness (QED) is 0.170. The van der Waals surface area contributed by atoms with E-state index in [1.807, 2.05) is 0 Å². The van der Waals surface area contributed by atoms with Crippen LogP contribution in [0.15, 0.2) is 176 Å². The van der Waals surface area contributed by atoms with Crippen LogP contribution in [-0.4, -0.2) is 0 Å². The van der Waals surface area contributed by atoms with Crippen molar-refractivity contribution in [3.63, 3.8) is 0 Å². The minimum Gasteiger partial charge on any atom is -0.311 e. The molecule has 0 amide bonds. The van der Waals surface area contributed by atoms with Gasteiger partial charge in [0.15, 0.2) is 0 Å². The number of para-hydroxylation sites is 2.